The maximum atomic E-state index is 6.09. The van der Waals surface area contributed by atoms with Crippen molar-refractivity contribution in [2.45, 2.75) is 39.0 Å². The van der Waals surface area contributed by atoms with E-state index in [1.807, 2.05) is 26.0 Å². The van der Waals surface area contributed by atoms with Crippen LogP contribution in [0.4, 0.5) is 0 Å². The molecule has 6 nitrogen and oxygen atoms in total. The molecule has 0 aliphatic carbocycles. The van der Waals surface area contributed by atoms with E-state index in [4.69, 9.17) is 13.7 Å². The molecule has 0 bridgehead atoms. The lowest BCUT2D eigenvalue weighted by Gasteiger charge is -2.16. The summed E-state index contributed by atoms with van der Waals surface area (Å²) in [5.74, 6) is 3.82. The molecule has 0 N–H and O–H groups in total. The first-order valence-electron chi connectivity index (χ1n) is 7.41. The minimum absolute atomic E-state index is 0.0331. The largest absolute Gasteiger partial charge is 0.465 e. The van der Waals surface area contributed by atoms with Crippen molar-refractivity contribution in [3.63, 3.8) is 0 Å². The molecule has 0 radical (unpaired) electrons. The maximum Gasteiger partial charge on any atom is 0.255 e. The van der Waals surface area contributed by atoms with Crippen LogP contribution < -0.4 is 0 Å². The number of rotatable bonds is 3. The third-order valence-corrected chi connectivity index (χ3v) is 4.31. The van der Waals surface area contributed by atoms with Gasteiger partial charge in [-0.05, 0) is 32.4 Å². The monoisotopic (exact) mass is 289 g/mol. The summed E-state index contributed by atoms with van der Waals surface area (Å²) in [5, 5.41) is 3.84. The summed E-state index contributed by atoms with van der Waals surface area (Å²) in [7, 11) is 0. The Balaban J connectivity index is 1.37. The lowest BCUT2D eigenvalue weighted by Crippen LogP contribution is -2.23. The molecule has 2 saturated heterocycles. The summed E-state index contributed by atoms with van der Waals surface area (Å²) in [6.07, 6.45) is 1.19. The SMILES string of the molecule is Cc1noc([C@@H]2C[C@H]3CN(Cc4ccc(C)o4)C[C@H]3O2)n1. The quantitative estimate of drug-likeness (QED) is 0.863. The van der Waals surface area contributed by atoms with Gasteiger partial charge in [-0.25, -0.2) is 0 Å². The van der Waals surface area contributed by atoms with Gasteiger partial charge in [-0.2, -0.15) is 4.98 Å². The number of nitrogens with zero attached hydrogens (tertiary/aromatic N) is 3. The molecule has 4 heterocycles. The number of furan rings is 1. The molecule has 0 amide bonds. The summed E-state index contributed by atoms with van der Waals surface area (Å²) >= 11 is 0. The van der Waals surface area contributed by atoms with Crippen molar-refractivity contribution in [1.29, 1.82) is 0 Å². The van der Waals surface area contributed by atoms with E-state index < -0.39 is 0 Å². The fraction of sp³-hybridized carbons (Fsp3) is 0.600. The molecular weight excluding hydrogens is 270 g/mol. The van der Waals surface area contributed by atoms with E-state index in [2.05, 4.69) is 15.0 Å². The first kappa shape index (κ1) is 13.0. The lowest BCUT2D eigenvalue weighted by atomic mass is 10.0. The number of aromatic nitrogens is 2. The standard InChI is InChI=1S/C15H19N3O3/c1-9-3-4-12(19-9)7-18-6-11-5-13(20-14(11)8-18)15-16-10(2)17-21-15/h3-4,11,13-14H,5-8H2,1-2H3/t11-,13-,14+/m0/s1. The van der Waals surface area contributed by atoms with Crippen LogP contribution in [0.3, 0.4) is 0 Å². The third-order valence-electron chi connectivity index (χ3n) is 4.31. The molecule has 2 fully saturated rings. The van der Waals surface area contributed by atoms with Crippen LogP contribution in [-0.4, -0.2) is 34.2 Å². The molecule has 4 rings (SSSR count). The van der Waals surface area contributed by atoms with Gasteiger partial charge in [0, 0.05) is 19.0 Å². The molecule has 2 aromatic rings. The van der Waals surface area contributed by atoms with Crippen LogP contribution >= 0.6 is 0 Å². The summed E-state index contributed by atoms with van der Waals surface area (Å²) in [5.41, 5.74) is 0. The van der Waals surface area contributed by atoms with Crippen LogP contribution in [0.25, 0.3) is 0 Å². The van der Waals surface area contributed by atoms with Crippen molar-refractivity contribution in [2.75, 3.05) is 13.1 Å². The lowest BCUT2D eigenvalue weighted by molar-refractivity contribution is 0.0194. The fourth-order valence-electron chi connectivity index (χ4n) is 3.37. The Labute approximate surface area is 123 Å². The molecule has 0 aromatic carbocycles. The van der Waals surface area contributed by atoms with E-state index in [1.165, 1.54) is 0 Å². The van der Waals surface area contributed by atoms with Crippen LogP contribution in [0.5, 0.6) is 0 Å². The number of aryl methyl sites for hydroxylation is 2. The van der Waals surface area contributed by atoms with Gasteiger partial charge in [0.2, 0.25) is 0 Å². The van der Waals surface area contributed by atoms with Crippen molar-refractivity contribution in [3.05, 3.63) is 35.4 Å². The molecule has 0 saturated carbocycles. The van der Waals surface area contributed by atoms with Gasteiger partial charge in [0.15, 0.2) is 5.82 Å². The number of likely N-dealkylation sites (tertiary alicyclic amines) is 1. The van der Waals surface area contributed by atoms with Crippen molar-refractivity contribution in [1.82, 2.24) is 15.0 Å². The smallest absolute Gasteiger partial charge is 0.255 e. The predicted molar refractivity (Wildman–Crippen MR) is 73.5 cm³/mol. The van der Waals surface area contributed by atoms with Gasteiger partial charge in [-0.15, -0.1) is 0 Å². The van der Waals surface area contributed by atoms with Crippen molar-refractivity contribution >= 4 is 0 Å². The zero-order valence-corrected chi connectivity index (χ0v) is 12.3. The molecule has 2 aliphatic rings. The molecular formula is C15H19N3O3. The Morgan fingerprint density at radius 2 is 2.19 bits per heavy atom. The van der Waals surface area contributed by atoms with Gasteiger partial charge in [0.1, 0.15) is 17.6 Å². The Bertz CT molecular complexity index is 622. The van der Waals surface area contributed by atoms with Gasteiger partial charge < -0.3 is 13.7 Å². The minimum Gasteiger partial charge on any atom is -0.465 e. The van der Waals surface area contributed by atoms with Crippen molar-refractivity contribution < 1.29 is 13.7 Å². The summed E-state index contributed by atoms with van der Waals surface area (Å²) in [6, 6.07) is 4.06. The number of fused-ring (bicyclic) bond motifs is 1. The Hall–Kier alpha value is -1.66. The van der Waals surface area contributed by atoms with Crippen LogP contribution in [0.2, 0.25) is 0 Å². The topological polar surface area (TPSA) is 64.5 Å². The second-order valence-electron chi connectivity index (χ2n) is 6.05. The highest BCUT2D eigenvalue weighted by Gasteiger charge is 2.44. The molecule has 6 heteroatoms. The number of ether oxygens (including phenoxy) is 1. The maximum absolute atomic E-state index is 6.09. The van der Waals surface area contributed by atoms with Gasteiger partial charge in [-0.1, -0.05) is 5.16 Å². The molecule has 0 spiro atoms. The minimum atomic E-state index is -0.0331. The molecule has 0 unspecified atom stereocenters. The molecule has 2 aliphatic heterocycles. The molecule has 2 aromatic heterocycles. The van der Waals surface area contributed by atoms with Gasteiger partial charge in [0.25, 0.3) is 5.89 Å². The van der Waals surface area contributed by atoms with E-state index in [1.54, 1.807) is 0 Å². The second kappa shape index (κ2) is 4.96. The van der Waals surface area contributed by atoms with E-state index >= 15 is 0 Å². The van der Waals surface area contributed by atoms with Crippen molar-refractivity contribution in [2.24, 2.45) is 5.92 Å². The molecule has 3 atom stereocenters. The van der Waals surface area contributed by atoms with E-state index in [0.717, 1.165) is 37.6 Å². The highest BCUT2D eigenvalue weighted by Crippen LogP contribution is 2.40. The summed E-state index contributed by atoms with van der Waals surface area (Å²) in [4.78, 5) is 6.67. The zero-order chi connectivity index (χ0) is 14.4. The van der Waals surface area contributed by atoms with Gasteiger partial charge in [-0.3, -0.25) is 4.90 Å². The second-order valence-corrected chi connectivity index (χ2v) is 6.05. The third kappa shape index (κ3) is 2.49. The predicted octanol–water partition coefficient (Wildman–Crippen LogP) is 2.24. The number of hydrogen-bond donors (Lipinski definition) is 0. The zero-order valence-electron chi connectivity index (χ0n) is 12.3. The Kier molecular flexibility index (Phi) is 3.08. The van der Waals surface area contributed by atoms with Crippen LogP contribution in [-0.2, 0) is 11.3 Å². The van der Waals surface area contributed by atoms with Crippen LogP contribution in [0, 0.1) is 19.8 Å². The normalized spacial score (nSPS) is 29.1. The summed E-state index contributed by atoms with van der Waals surface area (Å²) in [6.45, 7) is 6.63. The fourth-order valence-corrected chi connectivity index (χ4v) is 3.37. The Morgan fingerprint density at radius 1 is 1.29 bits per heavy atom. The average molecular weight is 289 g/mol. The highest BCUT2D eigenvalue weighted by atomic mass is 16.5. The van der Waals surface area contributed by atoms with E-state index in [-0.39, 0.29) is 12.2 Å². The number of hydrogen-bond acceptors (Lipinski definition) is 6. The van der Waals surface area contributed by atoms with Crippen LogP contribution in [0.1, 0.15) is 35.8 Å². The molecule has 112 valence electrons. The Morgan fingerprint density at radius 3 is 2.86 bits per heavy atom. The van der Waals surface area contributed by atoms with E-state index in [9.17, 15) is 0 Å². The average Bonchev–Trinajstić information content (AvgIpc) is 3.14. The summed E-state index contributed by atoms with van der Waals surface area (Å²) < 4.78 is 17.0. The van der Waals surface area contributed by atoms with Gasteiger partial charge in [0.05, 0.1) is 12.6 Å². The van der Waals surface area contributed by atoms with Crippen LogP contribution in [0.15, 0.2) is 21.1 Å². The van der Waals surface area contributed by atoms with Gasteiger partial charge >= 0.3 is 0 Å². The van der Waals surface area contributed by atoms with Crippen molar-refractivity contribution in [3.8, 4) is 0 Å². The highest BCUT2D eigenvalue weighted by molar-refractivity contribution is 5.06. The first-order chi connectivity index (χ1) is 10.2. The first-order valence-corrected chi connectivity index (χ1v) is 7.41. The molecule has 21 heavy (non-hydrogen) atoms. The van der Waals surface area contributed by atoms with E-state index in [0.29, 0.717) is 17.6 Å².